The molecule has 0 saturated heterocycles. The number of anilines is 3. The van der Waals surface area contributed by atoms with Gasteiger partial charge in [0.15, 0.2) is 0 Å². The molecule has 0 N–H and O–H groups in total. The first-order chi connectivity index (χ1) is 32.2. The molecule has 1 nitrogen and oxygen atoms in total. The third kappa shape index (κ3) is 6.92. The van der Waals surface area contributed by atoms with E-state index in [9.17, 15) is 0 Å². The first kappa shape index (κ1) is 38.2. The van der Waals surface area contributed by atoms with E-state index in [-0.39, 0.29) is 0 Å². The molecule has 12 aromatic carbocycles. The summed E-state index contributed by atoms with van der Waals surface area (Å²) < 4.78 is 0. The highest BCUT2D eigenvalue weighted by Crippen LogP contribution is 2.49. The van der Waals surface area contributed by atoms with Gasteiger partial charge < -0.3 is 4.90 Å². The molecule has 0 aromatic heterocycles. The van der Waals surface area contributed by atoms with Crippen molar-refractivity contribution in [2.75, 3.05) is 4.90 Å². The topological polar surface area (TPSA) is 3.24 Å². The third-order valence-corrected chi connectivity index (χ3v) is 13.0. The lowest BCUT2D eigenvalue weighted by Gasteiger charge is -2.30. The van der Waals surface area contributed by atoms with Crippen molar-refractivity contribution < 1.29 is 0 Å². The van der Waals surface area contributed by atoms with Gasteiger partial charge in [-0.3, -0.25) is 0 Å². The minimum Gasteiger partial charge on any atom is -0.310 e. The van der Waals surface area contributed by atoms with Gasteiger partial charge in [-0.25, -0.2) is 0 Å². The van der Waals surface area contributed by atoms with Crippen molar-refractivity contribution in [3.05, 3.63) is 261 Å². The minimum atomic E-state index is 1.07. The Morgan fingerprint density at radius 3 is 1.29 bits per heavy atom. The number of hydrogen-bond acceptors (Lipinski definition) is 1. The summed E-state index contributed by atoms with van der Waals surface area (Å²) in [7, 11) is 0. The summed E-state index contributed by atoms with van der Waals surface area (Å²) in [6, 6.07) is 95.6. The van der Waals surface area contributed by atoms with Crippen LogP contribution in [0.15, 0.2) is 261 Å². The van der Waals surface area contributed by atoms with Crippen LogP contribution in [-0.2, 0) is 0 Å². The van der Waals surface area contributed by atoms with E-state index in [1.54, 1.807) is 0 Å². The molecule has 0 aliphatic carbocycles. The Kier molecular flexibility index (Phi) is 9.58. The van der Waals surface area contributed by atoms with Crippen molar-refractivity contribution in [2.24, 2.45) is 0 Å². The van der Waals surface area contributed by atoms with E-state index >= 15 is 0 Å². The summed E-state index contributed by atoms with van der Waals surface area (Å²) in [6.07, 6.45) is 0. The van der Waals surface area contributed by atoms with Crippen molar-refractivity contribution in [2.45, 2.75) is 0 Å². The van der Waals surface area contributed by atoms with Gasteiger partial charge >= 0.3 is 0 Å². The summed E-state index contributed by atoms with van der Waals surface area (Å²) >= 11 is 0. The summed E-state index contributed by atoms with van der Waals surface area (Å²) in [5.41, 5.74) is 15.1. The molecule has 0 amide bonds. The monoisotopic (exact) mass is 825 g/mol. The quantitative estimate of drug-likeness (QED) is 0.138. The van der Waals surface area contributed by atoms with Crippen LogP contribution < -0.4 is 4.90 Å². The van der Waals surface area contributed by atoms with E-state index in [2.05, 4.69) is 266 Å². The van der Waals surface area contributed by atoms with Gasteiger partial charge in [-0.1, -0.05) is 224 Å². The summed E-state index contributed by atoms with van der Waals surface area (Å²) in [5.74, 6) is 0. The largest absolute Gasteiger partial charge is 0.310 e. The molecule has 12 aromatic rings. The molecule has 0 heterocycles. The molecule has 0 fully saturated rings. The van der Waals surface area contributed by atoms with Gasteiger partial charge in [-0.05, 0) is 130 Å². The number of fused-ring (bicyclic) bond motifs is 5. The zero-order chi connectivity index (χ0) is 43.1. The zero-order valence-corrected chi connectivity index (χ0v) is 35.8. The smallest absolute Gasteiger partial charge is 0.0540 e. The van der Waals surface area contributed by atoms with Gasteiger partial charge in [0.05, 0.1) is 5.69 Å². The van der Waals surface area contributed by atoms with E-state index < -0.39 is 0 Å². The van der Waals surface area contributed by atoms with Crippen LogP contribution in [-0.4, -0.2) is 0 Å². The van der Waals surface area contributed by atoms with E-state index in [4.69, 9.17) is 0 Å². The maximum Gasteiger partial charge on any atom is 0.0540 e. The van der Waals surface area contributed by atoms with E-state index in [0.29, 0.717) is 0 Å². The second kappa shape index (κ2) is 16.3. The van der Waals surface area contributed by atoms with Crippen LogP contribution in [0.1, 0.15) is 0 Å². The zero-order valence-electron chi connectivity index (χ0n) is 35.8. The SMILES string of the molecule is c1ccc(-c2cc(N(c3ccc(-c4cccc5ccccc45)cc3)c3ccccc3-c3cccc4ccccc34)cc(-c3ccccc3)c2-c2ccc3ccc4ccccc4c3c2)cc1. The van der Waals surface area contributed by atoms with E-state index in [1.807, 2.05) is 0 Å². The lowest BCUT2D eigenvalue weighted by molar-refractivity contribution is 1.28. The van der Waals surface area contributed by atoms with Crippen LogP contribution in [0.4, 0.5) is 17.1 Å². The molecular weight excluding hydrogens is 783 g/mol. The Balaban J connectivity index is 1.14. The number of para-hydroxylation sites is 1. The van der Waals surface area contributed by atoms with Crippen LogP contribution in [0.25, 0.3) is 98.7 Å². The van der Waals surface area contributed by atoms with Crippen molar-refractivity contribution in [1.29, 1.82) is 0 Å². The molecule has 304 valence electrons. The van der Waals surface area contributed by atoms with Crippen molar-refractivity contribution in [3.8, 4) is 55.6 Å². The molecular formula is C64H43N. The van der Waals surface area contributed by atoms with Gasteiger partial charge in [-0.2, -0.15) is 0 Å². The number of hydrogen-bond donors (Lipinski definition) is 0. The second-order valence-corrected chi connectivity index (χ2v) is 16.8. The lowest BCUT2D eigenvalue weighted by Crippen LogP contribution is -2.12. The number of rotatable bonds is 8. The second-order valence-electron chi connectivity index (χ2n) is 16.8. The predicted octanol–water partition coefficient (Wildman–Crippen LogP) is 18.1. The van der Waals surface area contributed by atoms with E-state index in [0.717, 1.165) is 33.8 Å². The van der Waals surface area contributed by atoms with Crippen LogP contribution in [0.3, 0.4) is 0 Å². The minimum absolute atomic E-state index is 1.07. The van der Waals surface area contributed by atoms with Crippen LogP contribution in [0, 0.1) is 0 Å². The third-order valence-electron chi connectivity index (χ3n) is 13.0. The normalized spacial score (nSPS) is 11.4. The Bertz CT molecular complexity index is 3630. The van der Waals surface area contributed by atoms with Crippen molar-refractivity contribution >= 4 is 60.2 Å². The van der Waals surface area contributed by atoms with E-state index in [1.165, 1.54) is 82.0 Å². The fourth-order valence-corrected chi connectivity index (χ4v) is 9.97. The average Bonchev–Trinajstić information content (AvgIpc) is 3.39. The standard InChI is InChI=1S/C64H43N/c1-3-17-46(18-4-1)61-42-53(43-62(47-19-5-2-6-20-47)64(61)51-36-35-50-34-33-48-23-9-12-28-57(48)60(50)41-51)65(52-39-37-49(38-40-52)55-30-15-24-44-21-7-10-26-54(44)55)63-32-14-13-29-59(63)58-31-16-25-45-22-8-11-27-56(45)58/h1-43H. The highest BCUT2D eigenvalue weighted by molar-refractivity contribution is 6.10. The van der Waals surface area contributed by atoms with Crippen molar-refractivity contribution in [3.63, 3.8) is 0 Å². The van der Waals surface area contributed by atoms with Crippen LogP contribution >= 0.6 is 0 Å². The van der Waals surface area contributed by atoms with Gasteiger partial charge in [0.2, 0.25) is 0 Å². The molecule has 0 bridgehead atoms. The summed E-state index contributed by atoms with van der Waals surface area (Å²) in [6.45, 7) is 0. The Morgan fingerprint density at radius 1 is 0.215 bits per heavy atom. The van der Waals surface area contributed by atoms with Gasteiger partial charge in [0.1, 0.15) is 0 Å². The highest BCUT2D eigenvalue weighted by atomic mass is 15.1. The van der Waals surface area contributed by atoms with Gasteiger partial charge in [0.25, 0.3) is 0 Å². The molecule has 0 unspecified atom stereocenters. The first-order valence-electron chi connectivity index (χ1n) is 22.4. The predicted molar refractivity (Wildman–Crippen MR) is 278 cm³/mol. The Morgan fingerprint density at radius 2 is 0.646 bits per heavy atom. The molecule has 12 rings (SSSR count). The number of nitrogens with zero attached hydrogens (tertiary/aromatic N) is 1. The molecule has 65 heavy (non-hydrogen) atoms. The molecule has 0 aliphatic rings. The maximum absolute atomic E-state index is 2.47. The Hall–Kier alpha value is -8.52. The van der Waals surface area contributed by atoms with Gasteiger partial charge in [-0.15, -0.1) is 0 Å². The lowest BCUT2D eigenvalue weighted by atomic mass is 9.85. The summed E-state index contributed by atoms with van der Waals surface area (Å²) in [4.78, 5) is 2.47. The molecule has 0 saturated carbocycles. The van der Waals surface area contributed by atoms with Crippen LogP contribution in [0.5, 0.6) is 0 Å². The molecule has 1 heteroatoms. The first-order valence-corrected chi connectivity index (χ1v) is 22.4. The molecule has 0 spiro atoms. The number of benzene rings is 12. The molecule has 0 aliphatic heterocycles. The Labute approximate surface area is 379 Å². The fourth-order valence-electron chi connectivity index (χ4n) is 9.97. The maximum atomic E-state index is 2.47. The van der Waals surface area contributed by atoms with Crippen LogP contribution in [0.2, 0.25) is 0 Å². The molecule has 0 radical (unpaired) electrons. The van der Waals surface area contributed by atoms with Crippen molar-refractivity contribution in [1.82, 2.24) is 0 Å². The average molecular weight is 826 g/mol. The van der Waals surface area contributed by atoms with Gasteiger partial charge in [0, 0.05) is 16.9 Å². The highest BCUT2D eigenvalue weighted by Gasteiger charge is 2.24. The summed E-state index contributed by atoms with van der Waals surface area (Å²) in [5, 5.41) is 9.91. The molecule has 0 atom stereocenters. The fraction of sp³-hybridized carbons (Fsp3) is 0.